The molecule has 1 amide bonds. The van der Waals surface area contributed by atoms with E-state index in [4.69, 9.17) is 9.15 Å². The zero-order valence-electron chi connectivity index (χ0n) is 11.9. The number of aromatic nitrogens is 3. The Balaban J connectivity index is 1.45. The SMILES string of the molecule is O=C(CSc1nnc(-c2cccnc2)o1)NC[C@H]1CCCO1. The molecule has 8 heteroatoms. The third-order valence-electron chi connectivity index (χ3n) is 3.19. The van der Waals surface area contributed by atoms with Crippen LogP contribution in [0.15, 0.2) is 34.2 Å². The van der Waals surface area contributed by atoms with Crippen LogP contribution in [0.3, 0.4) is 0 Å². The Kier molecular flexibility index (Phi) is 5.02. The first kappa shape index (κ1) is 15.0. The van der Waals surface area contributed by atoms with Gasteiger partial charge in [-0.25, -0.2) is 0 Å². The minimum absolute atomic E-state index is 0.0679. The second kappa shape index (κ2) is 7.37. The Morgan fingerprint density at radius 1 is 1.45 bits per heavy atom. The predicted octanol–water partition coefficient (Wildman–Crippen LogP) is 1.52. The molecule has 1 N–H and O–H groups in total. The lowest BCUT2D eigenvalue weighted by atomic mass is 10.2. The fourth-order valence-corrected chi connectivity index (χ4v) is 2.68. The summed E-state index contributed by atoms with van der Waals surface area (Å²) in [6, 6.07) is 3.63. The maximum Gasteiger partial charge on any atom is 0.277 e. The van der Waals surface area contributed by atoms with Crippen molar-refractivity contribution in [3.63, 3.8) is 0 Å². The molecule has 1 saturated heterocycles. The van der Waals surface area contributed by atoms with Gasteiger partial charge in [-0.3, -0.25) is 9.78 Å². The molecule has 3 rings (SSSR count). The number of ether oxygens (including phenoxy) is 1. The number of nitrogens with zero attached hydrogens (tertiary/aromatic N) is 3. The second-order valence-corrected chi connectivity index (χ2v) is 5.77. The molecule has 1 aliphatic rings. The van der Waals surface area contributed by atoms with Crippen LogP contribution in [0.2, 0.25) is 0 Å². The molecule has 0 aromatic carbocycles. The van der Waals surface area contributed by atoms with Gasteiger partial charge in [0.05, 0.1) is 17.4 Å². The first-order valence-electron chi connectivity index (χ1n) is 7.06. The third kappa shape index (κ3) is 4.05. The number of thioether (sulfide) groups is 1. The lowest BCUT2D eigenvalue weighted by molar-refractivity contribution is -0.119. The normalized spacial score (nSPS) is 17.5. The number of carbonyl (C=O) groups excluding carboxylic acids is 1. The van der Waals surface area contributed by atoms with Crippen molar-refractivity contribution in [3.05, 3.63) is 24.5 Å². The van der Waals surface area contributed by atoms with E-state index in [1.165, 1.54) is 11.8 Å². The van der Waals surface area contributed by atoms with E-state index >= 15 is 0 Å². The number of hydrogen-bond donors (Lipinski definition) is 1. The summed E-state index contributed by atoms with van der Waals surface area (Å²) in [7, 11) is 0. The van der Waals surface area contributed by atoms with Crippen molar-refractivity contribution in [2.45, 2.75) is 24.2 Å². The quantitative estimate of drug-likeness (QED) is 0.807. The largest absolute Gasteiger partial charge is 0.411 e. The van der Waals surface area contributed by atoms with Crippen molar-refractivity contribution in [2.24, 2.45) is 0 Å². The monoisotopic (exact) mass is 320 g/mol. The highest BCUT2D eigenvalue weighted by Gasteiger charge is 2.16. The molecule has 0 bridgehead atoms. The van der Waals surface area contributed by atoms with Crippen molar-refractivity contribution in [2.75, 3.05) is 18.9 Å². The summed E-state index contributed by atoms with van der Waals surface area (Å²) >= 11 is 1.21. The molecule has 0 saturated carbocycles. The number of hydrogen-bond acceptors (Lipinski definition) is 7. The molecule has 2 aromatic heterocycles. The minimum Gasteiger partial charge on any atom is -0.411 e. The number of rotatable bonds is 6. The van der Waals surface area contributed by atoms with Crippen molar-refractivity contribution >= 4 is 17.7 Å². The summed E-state index contributed by atoms with van der Waals surface area (Å²) < 4.78 is 10.9. The molecule has 1 aliphatic heterocycles. The molecule has 0 spiro atoms. The van der Waals surface area contributed by atoms with E-state index in [-0.39, 0.29) is 17.8 Å². The van der Waals surface area contributed by atoms with Crippen LogP contribution in [0.25, 0.3) is 11.5 Å². The number of pyridine rings is 1. The zero-order chi connectivity index (χ0) is 15.2. The highest BCUT2D eigenvalue weighted by Crippen LogP contribution is 2.22. The molecule has 7 nitrogen and oxygen atoms in total. The highest BCUT2D eigenvalue weighted by molar-refractivity contribution is 7.99. The molecule has 0 aliphatic carbocycles. The molecule has 1 atom stereocenters. The Morgan fingerprint density at radius 3 is 3.18 bits per heavy atom. The summed E-state index contributed by atoms with van der Waals surface area (Å²) in [5.74, 6) is 0.568. The van der Waals surface area contributed by atoms with E-state index in [9.17, 15) is 4.79 Å². The van der Waals surface area contributed by atoms with Crippen LogP contribution in [0.1, 0.15) is 12.8 Å². The molecule has 2 aromatic rings. The summed E-state index contributed by atoms with van der Waals surface area (Å²) in [5, 5.41) is 11.1. The number of amides is 1. The molecular weight excluding hydrogens is 304 g/mol. The lowest BCUT2D eigenvalue weighted by Crippen LogP contribution is -2.32. The van der Waals surface area contributed by atoms with Crippen LogP contribution < -0.4 is 5.32 Å². The molecule has 0 unspecified atom stereocenters. The summed E-state index contributed by atoms with van der Waals surface area (Å²) in [6.07, 6.45) is 5.54. The predicted molar refractivity (Wildman–Crippen MR) is 80.2 cm³/mol. The summed E-state index contributed by atoms with van der Waals surface area (Å²) in [4.78, 5) is 15.8. The van der Waals surface area contributed by atoms with Crippen LogP contribution in [-0.4, -0.2) is 46.1 Å². The standard InChI is InChI=1S/C14H16N4O3S/c19-12(16-8-11-4-2-6-20-11)9-22-14-18-17-13(21-14)10-3-1-5-15-7-10/h1,3,5,7,11H,2,4,6,8-9H2,(H,16,19)/t11-/m1/s1. The fourth-order valence-electron chi connectivity index (χ4n) is 2.09. The van der Waals surface area contributed by atoms with Crippen LogP contribution in [0.5, 0.6) is 0 Å². The smallest absolute Gasteiger partial charge is 0.277 e. The van der Waals surface area contributed by atoms with Gasteiger partial charge in [-0.2, -0.15) is 0 Å². The average molecular weight is 320 g/mol. The number of nitrogens with one attached hydrogen (secondary N) is 1. The molecule has 3 heterocycles. The second-order valence-electron chi connectivity index (χ2n) is 4.84. The van der Waals surface area contributed by atoms with E-state index in [1.807, 2.05) is 6.07 Å². The van der Waals surface area contributed by atoms with E-state index < -0.39 is 0 Å². The van der Waals surface area contributed by atoms with E-state index in [1.54, 1.807) is 18.5 Å². The minimum atomic E-state index is -0.0679. The van der Waals surface area contributed by atoms with Crippen molar-refractivity contribution in [1.82, 2.24) is 20.5 Å². The highest BCUT2D eigenvalue weighted by atomic mass is 32.2. The topological polar surface area (TPSA) is 90.1 Å². The van der Waals surface area contributed by atoms with Gasteiger partial charge in [0.15, 0.2) is 0 Å². The van der Waals surface area contributed by atoms with E-state index in [0.29, 0.717) is 17.7 Å². The molecule has 22 heavy (non-hydrogen) atoms. The van der Waals surface area contributed by atoms with Gasteiger partial charge in [0.2, 0.25) is 11.8 Å². The van der Waals surface area contributed by atoms with Crippen LogP contribution in [-0.2, 0) is 9.53 Å². The molecule has 0 radical (unpaired) electrons. The van der Waals surface area contributed by atoms with Crippen LogP contribution >= 0.6 is 11.8 Å². The van der Waals surface area contributed by atoms with Gasteiger partial charge in [0.25, 0.3) is 5.22 Å². The average Bonchev–Trinajstić information content (AvgIpc) is 3.23. The summed E-state index contributed by atoms with van der Waals surface area (Å²) in [6.45, 7) is 1.35. The van der Waals surface area contributed by atoms with Gasteiger partial charge in [0, 0.05) is 25.5 Å². The molecular formula is C14H16N4O3S. The Morgan fingerprint density at radius 2 is 2.41 bits per heavy atom. The van der Waals surface area contributed by atoms with Gasteiger partial charge >= 0.3 is 0 Å². The van der Waals surface area contributed by atoms with Gasteiger partial charge in [-0.15, -0.1) is 10.2 Å². The zero-order valence-corrected chi connectivity index (χ0v) is 12.7. The maximum atomic E-state index is 11.8. The third-order valence-corrected chi connectivity index (χ3v) is 4.01. The summed E-state index contributed by atoms with van der Waals surface area (Å²) in [5.41, 5.74) is 0.754. The van der Waals surface area contributed by atoms with Gasteiger partial charge in [-0.1, -0.05) is 11.8 Å². The lowest BCUT2D eigenvalue weighted by Gasteiger charge is -2.09. The van der Waals surface area contributed by atoms with Crippen molar-refractivity contribution in [3.8, 4) is 11.5 Å². The first-order chi connectivity index (χ1) is 10.8. The Labute approximate surface area is 131 Å². The van der Waals surface area contributed by atoms with Crippen molar-refractivity contribution in [1.29, 1.82) is 0 Å². The number of carbonyl (C=O) groups is 1. The van der Waals surface area contributed by atoms with E-state index in [0.717, 1.165) is 25.0 Å². The maximum absolute atomic E-state index is 11.8. The molecule has 116 valence electrons. The van der Waals surface area contributed by atoms with E-state index in [2.05, 4.69) is 20.5 Å². The Hall–Kier alpha value is -1.93. The Bertz CT molecular complexity index is 614. The van der Waals surface area contributed by atoms with Crippen LogP contribution in [0.4, 0.5) is 0 Å². The van der Waals surface area contributed by atoms with Crippen molar-refractivity contribution < 1.29 is 13.9 Å². The van der Waals surface area contributed by atoms with Gasteiger partial charge < -0.3 is 14.5 Å². The van der Waals surface area contributed by atoms with Crippen LogP contribution in [0, 0.1) is 0 Å². The molecule has 1 fully saturated rings. The first-order valence-corrected chi connectivity index (χ1v) is 8.05. The van der Waals surface area contributed by atoms with Gasteiger partial charge in [0.1, 0.15) is 0 Å². The fraction of sp³-hybridized carbons (Fsp3) is 0.429. The van der Waals surface area contributed by atoms with Gasteiger partial charge in [-0.05, 0) is 25.0 Å².